The van der Waals surface area contributed by atoms with E-state index >= 15 is 4.39 Å². The number of methoxy groups -OCH3 is 1. The molecule has 3 rings (SSSR count). The van der Waals surface area contributed by atoms with Crippen LogP contribution in [0.5, 0.6) is 11.5 Å². The second kappa shape index (κ2) is 12.0. The van der Waals surface area contributed by atoms with Gasteiger partial charge in [0.15, 0.2) is 11.6 Å². The lowest BCUT2D eigenvalue weighted by Crippen LogP contribution is -2.50. The molecule has 0 atom stereocenters. The molecular formula is C25H15ClF10N2O4. The second-order valence-electron chi connectivity index (χ2n) is 8.14. The summed E-state index contributed by atoms with van der Waals surface area (Å²) in [6, 6.07) is 8.13. The van der Waals surface area contributed by atoms with Gasteiger partial charge in [-0.05, 0) is 36.4 Å². The molecular weight excluding hydrogens is 618 g/mol. The Morgan fingerprint density at radius 1 is 0.810 bits per heavy atom. The molecule has 0 aliphatic heterocycles. The predicted octanol–water partition coefficient (Wildman–Crippen LogP) is 7.88. The fourth-order valence-corrected chi connectivity index (χ4v) is 3.84. The van der Waals surface area contributed by atoms with Gasteiger partial charge >= 0.3 is 24.6 Å². The smallest absolute Gasteiger partial charge is 0.435 e. The highest BCUT2D eigenvalue weighted by Gasteiger charge is 2.73. The molecule has 42 heavy (non-hydrogen) atoms. The van der Waals surface area contributed by atoms with Gasteiger partial charge in [0.05, 0.1) is 28.9 Å². The first-order valence-corrected chi connectivity index (χ1v) is 11.5. The van der Waals surface area contributed by atoms with Crippen molar-refractivity contribution in [1.29, 1.82) is 0 Å². The van der Waals surface area contributed by atoms with Gasteiger partial charge < -0.3 is 20.1 Å². The fraction of sp³-hybridized carbons (Fsp3) is 0.200. The molecule has 0 spiro atoms. The Kier molecular flexibility index (Phi) is 9.19. The Balaban J connectivity index is 2.02. The van der Waals surface area contributed by atoms with Crippen molar-refractivity contribution in [3.05, 3.63) is 82.1 Å². The highest BCUT2D eigenvalue weighted by atomic mass is 35.5. The summed E-state index contributed by atoms with van der Waals surface area (Å²) in [5, 5.41) is 2.63. The van der Waals surface area contributed by atoms with E-state index in [0.29, 0.717) is 0 Å². The summed E-state index contributed by atoms with van der Waals surface area (Å²) in [5.74, 6) is -5.27. The average Bonchev–Trinajstić information content (AvgIpc) is 2.89. The summed E-state index contributed by atoms with van der Waals surface area (Å²) in [6.07, 6.45) is -13.3. The molecule has 0 saturated heterocycles. The second-order valence-corrected chi connectivity index (χ2v) is 8.55. The number of hydrogen-bond donors (Lipinski definition) is 2. The van der Waals surface area contributed by atoms with Crippen LogP contribution in [0.3, 0.4) is 0 Å². The zero-order chi connectivity index (χ0) is 31.6. The molecule has 0 heterocycles. The third-order valence-corrected chi connectivity index (χ3v) is 5.83. The molecule has 3 aromatic rings. The first-order chi connectivity index (χ1) is 19.4. The molecule has 0 bridgehead atoms. The van der Waals surface area contributed by atoms with Gasteiger partial charge in [-0.1, -0.05) is 29.8 Å². The maximum atomic E-state index is 15.2. The van der Waals surface area contributed by atoms with Gasteiger partial charge in [-0.2, -0.15) is 35.1 Å². The van der Waals surface area contributed by atoms with Crippen LogP contribution in [0, 0.1) is 5.82 Å². The van der Waals surface area contributed by atoms with Crippen molar-refractivity contribution in [2.75, 3.05) is 17.7 Å². The minimum Gasteiger partial charge on any atom is -0.496 e. The predicted molar refractivity (Wildman–Crippen MR) is 128 cm³/mol. The number of halogens is 11. The van der Waals surface area contributed by atoms with E-state index in [9.17, 15) is 49.1 Å². The van der Waals surface area contributed by atoms with Crippen molar-refractivity contribution in [2.24, 2.45) is 0 Å². The van der Waals surface area contributed by atoms with Crippen LogP contribution in [0.25, 0.3) is 0 Å². The third-order valence-electron chi connectivity index (χ3n) is 5.53. The van der Waals surface area contributed by atoms with E-state index in [1.54, 1.807) is 11.4 Å². The molecule has 0 aliphatic rings. The van der Waals surface area contributed by atoms with Crippen molar-refractivity contribution in [2.45, 2.75) is 24.6 Å². The summed E-state index contributed by atoms with van der Waals surface area (Å²) in [7, 11) is 1.27. The SMILES string of the molecule is COc1ccccc1C(=O)Nc1cccc(C(=O)Nc2c(Cl)cc(C(F)(C(F)(F)F)C(F)(F)F)cc2OC(F)F)c1F. The number of anilines is 2. The number of hydrogen-bond acceptors (Lipinski definition) is 4. The van der Waals surface area contributed by atoms with E-state index in [4.69, 9.17) is 16.3 Å². The number of rotatable bonds is 8. The number of carbonyl (C=O) groups excluding carboxylic acids is 2. The number of alkyl halides is 9. The largest absolute Gasteiger partial charge is 0.496 e. The van der Waals surface area contributed by atoms with Crippen LogP contribution >= 0.6 is 11.6 Å². The number of benzene rings is 3. The van der Waals surface area contributed by atoms with E-state index in [1.165, 1.54) is 25.3 Å². The van der Waals surface area contributed by atoms with Gasteiger partial charge in [0, 0.05) is 5.56 Å². The van der Waals surface area contributed by atoms with Gasteiger partial charge in [-0.3, -0.25) is 9.59 Å². The molecule has 0 saturated carbocycles. The van der Waals surface area contributed by atoms with E-state index in [-0.39, 0.29) is 23.4 Å². The molecule has 0 unspecified atom stereocenters. The summed E-state index contributed by atoms with van der Waals surface area (Å²) in [4.78, 5) is 25.4. The van der Waals surface area contributed by atoms with Crippen LogP contribution in [0.4, 0.5) is 55.3 Å². The molecule has 226 valence electrons. The summed E-state index contributed by atoms with van der Waals surface area (Å²) in [5.41, 5.74) is -11.0. The molecule has 2 amide bonds. The van der Waals surface area contributed by atoms with Gasteiger partial charge in [-0.15, -0.1) is 0 Å². The lowest BCUT2D eigenvalue weighted by Gasteiger charge is -2.31. The van der Waals surface area contributed by atoms with Gasteiger partial charge in [-0.25, -0.2) is 8.78 Å². The van der Waals surface area contributed by atoms with Gasteiger partial charge in [0.2, 0.25) is 0 Å². The topological polar surface area (TPSA) is 76.7 Å². The maximum absolute atomic E-state index is 15.2. The molecule has 17 heteroatoms. The van der Waals surface area contributed by atoms with Crippen LogP contribution < -0.4 is 20.1 Å². The first-order valence-electron chi connectivity index (χ1n) is 11.1. The lowest BCUT2D eigenvalue weighted by molar-refractivity contribution is -0.348. The molecule has 2 N–H and O–H groups in total. The van der Waals surface area contributed by atoms with E-state index in [2.05, 4.69) is 10.1 Å². The average molecular weight is 633 g/mol. The molecule has 3 aromatic carbocycles. The molecule has 0 radical (unpaired) electrons. The Morgan fingerprint density at radius 2 is 1.38 bits per heavy atom. The van der Waals surface area contributed by atoms with Crippen LogP contribution in [-0.2, 0) is 5.67 Å². The van der Waals surface area contributed by atoms with E-state index in [1.807, 2.05) is 0 Å². The first kappa shape index (κ1) is 32.3. The molecule has 0 fully saturated rings. The van der Waals surface area contributed by atoms with Gasteiger partial charge in [0.1, 0.15) is 11.4 Å². The van der Waals surface area contributed by atoms with Crippen molar-refractivity contribution >= 4 is 34.8 Å². The third kappa shape index (κ3) is 6.32. The lowest BCUT2D eigenvalue weighted by atomic mass is 9.93. The summed E-state index contributed by atoms with van der Waals surface area (Å²) in [6.45, 7) is -3.90. The van der Waals surface area contributed by atoms with Crippen molar-refractivity contribution in [3.63, 3.8) is 0 Å². The summed E-state index contributed by atoms with van der Waals surface area (Å²) >= 11 is 5.69. The zero-order valence-electron chi connectivity index (χ0n) is 20.6. The monoisotopic (exact) mass is 632 g/mol. The normalized spacial score (nSPS) is 12.2. The number of amides is 2. The van der Waals surface area contributed by atoms with E-state index < -0.39 is 75.5 Å². The standard InChI is InChI=1S/C25H15ClF10N2O4/c1-41-16-8-3-2-5-12(16)20(39)37-15-7-4-6-13(18(15)27)21(40)38-19-14(26)9-11(10-17(19)42-22(28)29)23(30,24(31,32)33)25(34,35)36/h2-10,22H,1H3,(H,37,39)(H,38,40). The summed E-state index contributed by atoms with van der Waals surface area (Å²) < 4.78 is 144. The highest BCUT2D eigenvalue weighted by Crippen LogP contribution is 2.55. The number of nitrogens with one attached hydrogen (secondary N) is 2. The number of carbonyl (C=O) groups is 2. The van der Waals surface area contributed by atoms with Crippen LogP contribution in [0.1, 0.15) is 26.3 Å². The molecule has 6 nitrogen and oxygen atoms in total. The van der Waals surface area contributed by atoms with Crippen LogP contribution in [0.15, 0.2) is 54.6 Å². The number of ether oxygens (including phenoxy) is 2. The quantitative estimate of drug-likeness (QED) is 0.248. The number of para-hydroxylation sites is 1. The van der Waals surface area contributed by atoms with Gasteiger partial charge in [0.25, 0.3) is 11.8 Å². The fourth-order valence-electron chi connectivity index (χ4n) is 3.59. The van der Waals surface area contributed by atoms with Crippen molar-refractivity contribution in [3.8, 4) is 11.5 Å². The van der Waals surface area contributed by atoms with Crippen LogP contribution in [-0.4, -0.2) is 37.9 Å². The maximum Gasteiger partial charge on any atom is 0.435 e. The minimum atomic E-state index is -6.63. The Labute approximate surface area is 234 Å². The zero-order valence-corrected chi connectivity index (χ0v) is 21.3. The molecule has 0 aromatic heterocycles. The van der Waals surface area contributed by atoms with Crippen molar-refractivity contribution in [1.82, 2.24) is 0 Å². The van der Waals surface area contributed by atoms with Crippen molar-refractivity contribution < 1.29 is 63.0 Å². The molecule has 0 aliphatic carbocycles. The minimum absolute atomic E-state index is 0.0310. The van der Waals surface area contributed by atoms with Crippen LogP contribution in [0.2, 0.25) is 5.02 Å². The Morgan fingerprint density at radius 3 is 1.95 bits per heavy atom. The Bertz CT molecular complexity index is 1480. The Hall–Kier alpha value is -4.21. The van der Waals surface area contributed by atoms with E-state index in [0.717, 1.165) is 18.2 Å². The highest BCUT2D eigenvalue weighted by molar-refractivity contribution is 6.34.